The molecule has 3 aromatic carbocycles. The minimum Gasteiger partial charge on any atom is -0.508 e. The molecule has 0 saturated carbocycles. The Labute approximate surface area is 226 Å². The highest BCUT2D eigenvalue weighted by atomic mass is 16.4. The van der Waals surface area contributed by atoms with Crippen LogP contribution in [0.15, 0.2) is 77.8 Å². The van der Waals surface area contributed by atoms with Crippen molar-refractivity contribution in [3.63, 3.8) is 0 Å². The number of aromatic hydroxyl groups is 1. The lowest BCUT2D eigenvalue weighted by Crippen LogP contribution is -2.51. The quantitative estimate of drug-likeness (QED) is 0.144. The van der Waals surface area contributed by atoms with E-state index in [-0.39, 0.29) is 37.1 Å². The molecule has 0 aromatic heterocycles. The minimum atomic E-state index is -1.21. The van der Waals surface area contributed by atoms with E-state index in [4.69, 9.17) is 16.6 Å². The van der Waals surface area contributed by atoms with Crippen molar-refractivity contribution >= 4 is 23.7 Å². The maximum atomic E-state index is 14.5. The monoisotopic (exact) mass is 529 g/mol. The third-order valence-corrected chi connectivity index (χ3v) is 6.72. The van der Waals surface area contributed by atoms with Gasteiger partial charge in [0, 0.05) is 12.1 Å². The summed E-state index contributed by atoms with van der Waals surface area (Å²) >= 11 is 0. The number of guanidine groups is 1. The molecule has 4 rings (SSSR count). The summed E-state index contributed by atoms with van der Waals surface area (Å²) in [5.74, 6) is -2.97. The molecule has 0 saturated heterocycles. The number of amides is 2. The second-order valence-electron chi connectivity index (χ2n) is 9.28. The van der Waals surface area contributed by atoms with E-state index >= 15 is 0 Å². The molecule has 0 radical (unpaired) electrons. The number of carbonyl (C=O) groups excluding carboxylic acids is 2. The van der Waals surface area contributed by atoms with Gasteiger partial charge in [-0.05, 0) is 41.2 Å². The summed E-state index contributed by atoms with van der Waals surface area (Å²) in [4.78, 5) is 44.5. The number of hydrogen-bond acceptors (Lipinski definition) is 5. The van der Waals surface area contributed by atoms with Crippen LogP contribution in [0.2, 0.25) is 0 Å². The third kappa shape index (κ3) is 6.18. The number of carboxylic acids is 1. The third-order valence-electron chi connectivity index (χ3n) is 6.72. The molecule has 1 aliphatic carbocycles. The predicted molar refractivity (Wildman–Crippen MR) is 147 cm³/mol. The first kappa shape index (κ1) is 27.2. The number of phenolic OH excluding ortho intramolecular Hbond substituents is 1. The molecule has 202 valence electrons. The van der Waals surface area contributed by atoms with Gasteiger partial charge in [0.1, 0.15) is 18.3 Å². The maximum absolute atomic E-state index is 14.5. The summed E-state index contributed by atoms with van der Waals surface area (Å²) in [6.45, 7) is -0.449. The number of aliphatic imine (C=N–C) groups is 1. The Bertz CT molecular complexity index is 1360. The van der Waals surface area contributed by atoms with Crippen LogP contribution in [0.3, 0.4) is 0 Å². The fourth-order valence-electron chi connectivity index (χ4n) is 4.96. The maximum Gasteiger partial charge on any atom is 0.322 e. The van der Waals surface area contributed by atoms with Crippen LogP contribution < -0.4 is 16.8 Å². The molecule has 10 nitrogen and oxygen atoms in total. The second kappa shape index (κ2) is 12.1. The molecule has 0 spiro atoms. The van der Waals surface area contributed by atoms with Crippen molar-refractivity contribution in [3.05, 3.63) is 89.5 Å². The van der Waals surface area contributed by atoms with Gasteiger partial charge >= 0.3 is 5.97 Å². The molecular weight excluding hydrogens is 498 g/mol. The molecule has 0 bridgehead atoms. The van der Waals surface area contributed by atoms with Gasteiger partial charge in [0.2, 0.25) is 11.8 Å². The largest absolute Gasteiger partial charge is 0.508 e. The Morgan fingerprint density at radius 1 is 0.923 bits per heavy atom. The van der Waals surface area contributed by atoms with Gasteiger partial charge in [0.15, 0.2) is 5.96 Å². The zero-order valence-electron chi connectivity index (χ0n) is 21.3. The van der Waals surface area contributed by atoms with Crippen molar-refractivity contribution in [2.45, 2.75) is 31.3 Å². The highest BCUT2D eigenvalue weighted by molar-refractivity contribution is 5.98. The number of carbonyl (C=O) groups is 3. The topological polar surface area (TPSA) is 171 Å². The number of nitrogens with one attached hydrogen (secondary N) is 1. The van der Waals surface area contributed by atoms with Crippen LogP contribution in [0.1, 0.15) is 35.4 Å². The summed E-state index contributed by atoms with van der Waals surface area (Å²) in [7, 11) is 0. The van der Waals surface area contributed by atoms with Crippen molar-refractivity contribution in [3.8, 4) is 16.9 Å². The summed E-state index contributed by atoms with van der Waals surface area (Å²) in [5.41, 5.74) is 14.8. The number of phenols is 1. The summed E-state index contributed by atoms with van der Waals surface area (Å²) < 4.78 is 0. The fourth-order valence-corrected chi connectivity index (χ4v) is 4.96. The molecule has 39 heavy (non-hydrogen) atoms. The van der Waals surface area contributed by atoms with Gasteiger partial charge in [-0.1, -0.05) is 66.7 Å². The van der Waals surface area contributed by atoms with E-state index < -0.39 is 30.4 Å². The zero-order chi connectivity index (χ0) is 27.9. The van der Waals surface area contributed by atoms with Crippen LogP contribution >= 0.6 is 0 Å². The lowest BCUT2D eigenvalue weighted by molar-refractivity contribution is -0.143. The molecule has 1 atom stereocenters. The highest BCUT2D eigenvalue weighted by Crippen LogP contribution is 2.45. The number of fused-ring (bicyclic) bond motifs is 3. The summed E-state index contributed by atoms with van der Waals surface area (Å²) in [6, 6.07) is 20.8. The first-order valence-corrected chi connectivity index (χ1v) is 12.6. The Kier molecular flexibility index (Phi) is 8.45. The molecule has 1 aliphatic rings. The lowest BCUT2D eigenvalue weighted by Gasteiger charge is -2.33. The number of para-hydroxylation sites is 1. The minimum absolute atomic E-state index is 0.0206. The average Bonchev–Trinajstić information content (AvgIpc) is 3.26. The van der Waals surface area contributed by atoms with E-state index in [1.165, 1.54) is 11.0 Å². The predicted octanol–water partition coefficient (Wildman–Crippen LogP) is 2.16. The molecule has 7 N–H and O–H groups in total. The Morgan fingerprint density at radius 2 is 1.51 bits per heavy atom. The molecule has 0 fully saturated rings. The molecule has 0 aliphatic heterocycles. The summed E-state index contributed by atoms with van der Waals surface area (Å²) in [6.07, 6.45) is 0.517. The fraction of sp³-hybridized carbons (Fsp3) is 0.241. The standard InChI is InChI=1S/C29H31N5O5/c30-29(31)32-15-7-13-23(27(38)33-16-25(36)37)34(17-18-8-1-6-14-24(18)35)28(39)26-21-11-4-2-9-19(21)20-10-3-5-12-22(20)26/h1-6,8-12,14,23,26,35H,7,13,15-17H2,(H,33,38)(H,36,37)(H4,30,31,32)/t23-/m1/s1. The smallest absolute Gasteiger partial charge is 0.322 e. The van der Waals surface area contributed by atoms with Crippen molar-refractivity contribution in [1.82, 2.24) is 10.2 Å². The van der Waals surface area contributed by atoms with Gasteiger partial charge < -0.3 is 31.9 Å². The zero-order valence-corrected chi connectivity index (χ0v) is 21.3. The Morgan fingerprint density at radius 3 is 2.10 bits per heavy atom. The molecule has 3 aromatic rings. The lowest BCUT2D eigenvalue weighted by atomic mass is 9.93. The number of nitrogens with two attached hydrogens (primary N) is 2. The van der Waals surface area contributed by atoms with Crippen molar-refractivity contribution in [1.29, 1.82) is 0 Å². The van der Waals surface area contributed by atoms with Crippen LogP contribution in [-0.4, -0.2) is 58.0 Å². The van der Waals surface area contributed by atoms with Gasteiger partial charge in [0.25, 0.3) is 0 Å². The van der Waals surface area contributed by atoms with Crippen LogP contribution in [-0.2, 0) is 20.9 Å². The van der Waals surface area contributed by atoms with Gasteiger partial charge in [-0.25, -0.2) is 0 Å². The van der Waals surface area contributed by atoms with Crippen molar-refractivity contribution in [2.75, 3.05) is 13.1 Å². The van der Waals surface area contributed by atoms with Crippen molar-refractivity contribution < 1.29 is 24.6 Å². The van der Waals surface area contributed by atoms with E-state index in [1.54, 1.807) is 18.2 Å². The molecule has 0 heterocycles. The summed E-state index contributed by atoms with van der Waals surface area (Å²) in [5, 5.41) is 22.1. The van der Waals surface area contributed by atoms with E-state index in [2.05, 4.69) is 10.3 Å². The van der Waals surface area contributed by atoms with Crippen LogP contribution in [0.4, 0.5) is 0 Å². The number of nitrogens with zero attached hydrogens (tertiary/aromatic N) is 2. The highest BCUT2D eigenvalue weighted by Gasteiger charge is 2.40. The van der Waals surface area contributed by atoms with Gasteiger partial charge in [-0.15, -0.1) is 0 Å². The van der Waals surface area contributed by atoms with E-state index in [1.807, 2.05) is 48.5 Å². The van der Waals surface area contributed by atoms with Gasteiger partial charge in [-0.2, -0.15) is 0 Å². The Balaban J connectivity index is 1.77. The van der Waals surface area contributed by atoms with Crippen LogP contribution in [0.25, 0.3) is 11.1 Å². The molecule has 2 amide bonds. The van der Waals surface area contributed by atoms with E-state index in [0.717, 1.165) is 22.3 Å². The molecule has 10 heteroatoms. The van der Waals surface area contributed by atoms with Gasteiger partial charge in [-0.3, -0.25) is 19.4 Å². The number of benzene rings is 3. The molecule has 0 unspecified atom stereocenters. The van der Waals surface area contributed by atoms with E-state index in [0.29, 0.717) is 12.0 Å². The van der Waals surface area contributed by atoms with Crippen LogP contribution in [0, 0.1) is 0 Å². The Hall–Kier alpha value is -4.86. The number of carboxylic acid groups (broad SMARTS) is 1. The van der Waals surface area contributed by atoms with E-state index in [9.17, 15) is 19.5 Å². The number of rotatable bonds is 11. The second-order valence-corrected chi connectivity index (χ2v) is 9.28. The normalized spacial score (nSPS) is 12.6. The first-order valence-electron chi connectivity index (χ1n) is 12.6. The average molecular weight is 530 g/mol. The SMILES string of the molecule is NC(N)=NCCC[C@H](C(=O)NCC(=O)O)N(Cc1ccccc1O)C(=O)C1c2ccccc2-c2ccccc21. The number of aliphatic carboxylic acids is 1. The van der Waals surface area contributed by atoms with Crippen molar-refractivity contribution in [2.24, 2.45) is 16.5 Å². The number of hydrogen-bond donors (Lipinski definition) is 5. The first-order chi connectivity index (χ1) is 18.8. The molecular formula is C29H31N5O5. The van der Waals surface area contributed by atoms with Crippen LogP contribution in [0.5, 0.6) is 5.75 Å². The van der Waals surface area contributed by atoms with Gasteiger partial charge in [0.05, 0.1) is 12.5 Å².